The van der Waals surface area contributed by atoms with Crippen LogP contribution in [0.15, 0.2) is 18.3 Å². The van der Waals surface area contributed by atoms with Crippen molar-refractivity contribution in [2.75, 3.05) is 34.8 Å². The second-order valence-electron chi connectivity index (χ2n) is 4.98. The molecule has 6 heteroatoms. The van der Waals surface area contributed by atoms with E-state index in [1.807, 2.05) is 19.1 Å². The van der Waals surface area contributed by atoms with Gasteiger partial charge in [-0.3, -0.25) is 0 Å². The first-order valence-electron chi connectivity index (χ1n) is 6.69. The van der Waals surface area contributed by atoms with Gasteiger partial charge in [-0.2, -0.15) is 0 Å². The van der Waals surface area contributed by atoms with Gasteiger partial charge in [-0.25, -0.2) is 13.4 Å². The Kier molecular flexibility index (Phi) is 4.29. The molecule has 0 saturated carbocycles. The predicted octanol–water partition coefficient (Wildman–Crippen LogP) is 1.53. The molecule has 19 heavy (non-hydrogen) atoms. The fourth-order valence-electron chi connectivity index (χ4n) is 2.33. The first-order chi connectivity index (χ1) is 9.02. The molecule has 1 saturated heterocycles. The first kappa shape index (κ1) is 14.1. The molecule has 1 fully saturated rings. The molecule has 0 bridgehead atoms. The average molecular weight is 283 g/mol. The van der Waals surface area contributed by atoms with Crippen LogP contribution in [0.5, 0.6) is 0 Å². The maximum absolute atomic E-state index is 11.6. The molecule has 1 atom stereocenters. The molecule has 106 valence electrons. The van der Waals surface area contributed by atoms with Crippen molar-refractivity contribution in [3.8, 4) is 0 Å². The highest BCUT2D eigenvalue weighted by molar-refractivity contribution is 7.91. The molecule has 0 spiro atoms. The Labute approximate surface area is 114 Å². The van der Waals surface area contributed by atoms with Crippen LogP contribution in [0.25, 0.3) is 0 Å². The van der Waals surface area contributed by atoms with Crippen molar-refractivity contribution in [1.29, 1.82) is 0 Å². The summed E-state index contributed by atoms with van der Waals surface area (Å²) < 4.78 is 23.2. The second-order valence-corrected chi connectivity index (χ2v) is 7.21. The molecule has 1 unspecified atom stereocenters. The second kappa shape index (κ2) is 5.77. The van der Waals surface area contributed by atoms with Gasteiger partial charge in [0, 0.05) is 37.1 Å². The summed E-state index contributed by atoms with van der Waals surface area (Å²) in [6, 6.07) is 3.94. The Morgan fingerprint density at radius 3 is 3.00 bits per heavy atom. The van der Waals surface area contributed by atoms with E-state index >= 15 is 0 Å². The van der Waals surface area contributed by atoms with Crippen LogP contribution in [0.4, 0.5) is 11.5 Å². The normalized spacial score (nSPS) is 22.2. The minimum atomic E-state index is -2.87. The van der Waals surface area contributed by atoms with Gasteiger partial charge in [-0.1, -0.05) is 6.92 Å². The molecule has 2 rings (SSSR count). The largest absolute Gasteiger partial charge is 0.370 e. The summed E-state index contributed by atoms with van der Waals surface area (Å²) >= 11 is 0. The van der Waals surface area contributed by atoms with Crippen LogP contribution in [0.2, 0.25) is 0 Å². The zero-order valence-electron chi connectivity index (χ0n) is 11.5. The van der Waals surface area contributed by atoms with Crippen LogP contribution >= 0.6 is 0 Å². The van der Waals surface area contributed by atoms with E-state index in [0.29, 0.717) is 6.54 Å². The van der Waals surface area contributed by atoms with Crippen molar-refractivity contribution in [2.45, 2.75) is 26.3 Å². The van der Waals surface area contributed by atoms with Crippen molar-refractivity contribution in [2.24, 2.45) is 0 Å². The summed E-state index contributed by atoms with van der Waals surface area (Å²) in [6.07, 6.45) is 2.81. The monoisotopic (exact) mass is 283 g/mol. The summed E-state index contributed by atoms with van der Waals surface area (Å²) in [4.78, 5) is 6.41. The van der Waals surface area contributed by atoms with Crippen LogP contribution in [0.1, 0.15) is 20.3 Å². The van der Waals surface area contributed by atoms with E-state index in [0.717, 1.165) is 24.5 Å². The van der Waals surface area contributed by atoms with Crippen molar-refractivity contribution >= 4 is 21.3 Å². The van der Waals surface area contributed by atoms with E-state index in [2.05, 4.69) is 22.1 Å². The molecule has 2 heterocycles. The van der Waals surface area contributed by atoms with Crippen molar-refractivity contribution in [1.82, 2.24) is 4.98 Å². The van der Waals surface area contributed by atoms with Gasteiger partial charge in [0.1, 0.15) is 5.82 Å². The molecule has 0 radical (unpaired) electrons. The van der Waals surface area contributed by atoms with Gasteiger partial charge < -0.3 is 10.2 Å². The molecule has 1 aromatic heterocycles. The SMILES string of the molecule is CCCNc1cc(N2CCS(=O)(=O)CC2C)ccn1. The molecule has 5 nitrogen and oxygen atoms in total. The molecule has 1 aliphatic rings. The number of hydrogen-bond donors (Lipinski definition) is 1. The fourth-order valence-corrected chi connectivity index (χ4v) is 3.89. The average Bonchev–Trinajstić information content (AvgIpc) is 2.35. The number of hydrogen-bond acceptors (Lipinski definition) is 5. The highest BCUT2D eigenvalue weighted by Gasteiger charge is 2.28. The smallest absolute Gasteiger partial charge is 0.154 e. The minimum absolute atomic E-state index is 0.0141. The number of aromatic nitrogens is 1. The van der Waals surface area contributed by atoms with Crippen LogP contribution < -0.4 is 10.2 Å². The van der Waals surface area contributed by atoms with Gasteiger partial charge >= 0.3 is 0 Å². The molecule has 1 aliphatic heterocycles. The third-order valence-electron chi connectivity index (χ3n) is 3.30. The molecular formula is C13H21N3O2S. The third-order valence-corrected chi connectivity index (χ3v) is 5.10. The van der Waals surface area contributed by atoms with Gasteiger partial charge in [-0.15, -0.1) is 0 Å². The zero-order valence-corrected chi connectivity index (χ0v) is 12.3. The lowest BCUT2D eigenvalue weighted by molar-refractivity contribution is 0.568. The number of rotatable bonds is 4. The summed E-state index contributed by atoms with van der Waals surface area (Å²) in [5.41, 5.74) is 1.04. The quantitative estimate of drug-likeness (QED) is 0.908. The lowest BCUT2D eigenvalue weighted by atomic mass is 10.2. The van der Waals surface area contributed by atoms with E-state index in [9.17, 15) is 8.42 Å². The molecule has 0 aliphatic carbocycles. The van der Waals surface area contributed by atoms with E-state index in [-0.39, 0.29) is 17.5 Å². The number of nitrogens with one attached hydrogen (secondary N) is 1. The van der Waals surface area contributed by atoms with Gasteiger partial charge in [0.05, 0.1) is 11.5 Å². The Morgan fingerprint density at radius 2 is 2.32 bits per heavy atom. The number of nitrogens with zero attached hydrogens (tertiary/aromatic N) is 2. The van der Waals surface area contributed by atoms with Gasteiger partial charge in [0.2, 0.25) is 0 Å². The van der Waals surface area contributed by atoms with E-state index in [1.54, 1.807) is 6.20 Å². The molecule has 1 N–H and O–H groups in total. The molecule has 1 aromatic rings. The Morgan fingerprint density at radius 1 is 1.53 bits per heavy atom. The van der Waals surface area contributed by atoms with E-state index in [4.69, 9.17) is 0 Å². The lowest BCUT2D eigenvalue weighted by Crippen LogP contribution is -2.47. The van der Waals surface area contributed by atoms with Gasteiger partial charge in [-0.05, 0) is 19.4 Å². The first-order valence-corrected chi connectivity index (χ1v) is 8.51. The van der Waals surface area contributed by atoms with Gasteiger partial charge in [0.15, 0.2) is 9.84 Å². The zero-order chi connectivity index (χ0) is 13.9. The van der Waals surface area contributed by atoms with Crippen molar-refractivity contribution in [3.63, 3.8) is 0 Å². The fraction of sp³-hybridized carbons (Fsp3) is 0.615. The Bertz CT molecular complexity index is 530. The third kappa shape index (κ3) is 3.59. The number of sulfone groups is 1. The van der Waals surface area contributed by atoms with Crippen LogP contribution in [0, 0.1) is 0 Å². The van der Waals surface area contributed by atoms with Crippen molar-refractivity contribution < 1.29 is 8.42 Å². The maximum Gasteiger partial charge on any atom is 0.154 e. The molecule has 0 aromatic carbocycles. The summed E-state index contributed by atoms with van der Waals surface area (Å²) in [7, 11) is -2.87. The Hall–Kier alpha value is -1.30. The minimum Gasteiger partial charge on any atom is -0.370 e. The van der Waals surface area contributed by atoms with Crippen LogP contribution in [-0.4, -0.2) is 44.0 Å². The van der Waals surface area contributed by atoms with Crippen molar-refractivity contribution in [3.05, 3.63) is 18.3 Å². The number of pyridine rings is 1. The number of anilines is 2. The van der Waals surface area contributed by atoms with Crippen LogP contribution in [0.3, 0.4) is 0 Å². The van der Waals surface area contributed by atoms with Crippen LogP contribution in [-0.2, 0) is 9.84 Å². The summed E-state index contributed by atoms with van der Waals surface area (Å²) in [5, 5.41) is 3.25. The summed E-state index contributed by atoms with van der Waals surface area (Å²) in [5.74, 6) is 1.31. The predicted molar refractivity (Wildman–Crippen MR) is 78.5 cm³/mol. The highest BCUT2D eigenvalue weighted by atomic mass is 32.2. The van der Waals surface area contributed by atoms with E-state index in [1.165, 1.54) is 0 Å². The molecule has 0 amide bonds. The lowest BCUT2D eigenvalue weighted by Gasteiger charge is -2.35. The standard InChI is InChI=1S/C13H21N3O2S/c1-3-5-14-13-9-12(4-6-15-13)16-7-8-19(17,18)10-11(16)2/h4,6,9,11H,3,5,7-8,10H2,1-2H3,(H,14,15). The Balaban J connectivity index is 2.13. The summed E-state index contributed by atoms with van der Waals surface area (Å²) in [6.45, 7) is 5.51. The molecular weight excluding hydrogens is 262 g/mol. The maximum atomic E-state index is 11.6. The highest BCUT2D eigenvalue weighted by Crippen LogP contribution is 2.23. The van der Waals surface area contributed by atoms with E-state index < -0.39 is 9.84 Å². The topological polar surface area (TPSA) is 62.3 Å². The van der Waals surface area contributed by atoms with Gasteiger partial charge in [0.25, 0.3) is 0 Å².